The molecule has 0 N–H and O–H groups in total. The summed E-state index contributed by atoms with van der Waals surface area (Å²) in [6, 6.07) is 32.1. The number of halogens is 1. The maximum absolute atomic E-state index is 13.7. The van der Waals surface area contributed by atoms with Crippen molar-refractivity contribution in [2.24, 2.45) is 5.41 Å². The fourth-order valence-electron chi connectivity index (χ4n) is 4.78. The van der Waals surface area contributed by atoms with Gasteiger partial charge >= 0.3 is 0 Å². The highest BCUT2D eigenvalue weighted by Gasteiger charge is 2.39. The van der Waals surface area contributed by atoms with Gasteiger partial charge in [0.15, 0.2) is 5.78 Å². The number of fused-ring (bicyclic) bond motifs is 1. The lowest BCUT2D eigenvalue weighted by molar-refractivity contribution is 0.0816. The Kier molecular flexibility index (Phi) is 5.58. The summed E-state index contributed by atoms with van der Waals surface area (Å²) in [4.78, 5) is 13.7. The molecule has 1 heterocycles. The number of carbonyl (C=O) groups excluding carboxylic acids is 1. The van der Waals surface area contributed by atoms with Crippen LogP contribution in [0.15, 0.2) is 109 Å². The zero-order valence-electron chi connectivity index (χ0n) is 19.2. The Labute approximate surface area is 198 Å². The van der Waals surface area contributed by atoms with Gasteiger partial charge in [-0.2, -0.15) is 5.10 Å². The minimum atomic E-state index is -0.691. The highest BCUT2D eigenvalue weighted by atomic mass is 19.1. The van der Waals surface area contributed by atoms with Crippen LogP contribution in [-0.4, -0.2) is 15.6 Å². The molecule has 1 aromatic heterocycles. The Morgan fingerprint density at radius 3 is 2.15 bits per heavy atom. The molecule has 0 saturated heterocycles. The van der Waals surface area contributed by atoms with Gasteiger partial charge in [-0.1, -0.05) is 80.6 Å². The summed E-state index contributed by atoms with van der Waals surface area (Å²) < 4.78 is 15.2. The van der Waals surface area contributed by atoms with E-state index in [1.807, 2.05) is 74.6 Å². The molecule has 1 atom stereocenters. The molecule has 0 bridgehead atoms. The summed E-state index contributed by atoms with van der Waals surface area (Å²) in [7, 11) is 0. The number of Topliss-reactive ketones (excluding diaryl/α,β-unsaturated/α-hetero) is 1. The smallest absolute Gasteiger partial charge is 0.169 e. The van der Waals surface area contributed by atoms with Crippen molar-refractivity contribution >= 4 is 16.7 Å². The van der Waals surface area contributed by atoms with Gasteiger partial charge in [0.05, 0.1) is 17.4 Å². The van der Waals surface area contributed by atoms with E-state index in [1.54, 1.807) is 16.8 Å². The minimum Gasteiger partial charge on any atom is -0.294 e. The first-order valence-corrected chi connectivity index (χ1v) is 11.3. The molecule has 0 radical (unpaired) electrons. The molecule has 0 aliphatic rings. The van der Waals surface area contributed by atoms with Crippen molar-refractivity contribution in [2.75, 3.05) is 0 Å². The van der Waals surface area contributed by atoms with Crippen molar-refractivity contribution in [1.29, 1.82) is 0 Å². The third-order valence-electron chi connectivity index (χ3n) is 6.47. The normalized spacial score (nSPS) is 12.6. The first kappa shape index (κ1) is 21.8. The molecule has 3 nitrogen and oxygen atoms in total. The van der Waals surface area contributed by atoms with Crippen LogP contribution in [0.2, 0.25) is 0 Å². The molecule has 0 aliphatic carbocycles. The molecule has 5 rings (SSSR count). The lowest BCUT2D eigenvalue weighted by atomic mass is 9.67. The van der Waals surface area contributed by atoms with Crippen LogP contribution in [0, 0.1) is 11.2 Å². The van der Waals surface area contributed by atoms with Crippen molar-refractivity contribution in [3.8, 4) is 5.69 Å². The molecular formula is C30H25FN2O. The molecule has 0 aliphatic heterocycles. The fourth-order valence-corrected chi connectivity index (χ4v) is 4.78. The number of hydrogen-bond donors (Lipinski definition) is 0. The van der Waals surface area contributed by atoms with Crippen molar-refractivity contribution in [3.05, 3.63) is 132 Å². The Balaban J connectivity index is 1.61. The molecule has 5 aromatic rings. The van der Waals surface area contributed by atoms with Gasteiger partial charge in [0, 0.05) is 22.3 Å². The summed E-state index contributed by atoms with van der Waals surface area (Å²) in [5.74, 6) is -0.331. The molecular weight excluding hydrogens is 423 g/mol. The minimum absolute atomic E-state index is 0.101. The van der Waals surface area contributed by atoms with Crippen LogP contribution in [0.3, 0.4) is 0 Å². The SMILES string of the molecule is CC(C)(C(=O)c1ccccc1)C(c1ccccc1)c1ccc2c(cnn2-c2ccc(F)cc2)c1. The zero-order valence-corrected chi connectivity index (χ0v) is 19.2. The first-order chi connectivity index (χ1) is 16.4. The third kappa shape index (κ3) is 3.92. The molecule has 1 unspecified atom stereocenters. The first-order valence-electron chi connectivity index (χ1n) is 11.3. The second-order valence-corrected chi connectivity index (χ2v) is 9.11. The average molecular weight is 449 g/mol. The van der Waals surface area contributed by atoms with Crippen LogP contribution < -0.4 is 0 Å². The Morgan fingerprint density at radius 1 is 0.824 bits per heavy atom. The van der Waals surface area contributed by atoms with Gasteiger partial charge in [-0.05, 0) is 47.5 Å². The number of rotatable bonds is 6. The van der Waals surface area contributed by atoms with Crippen LogP contribution in [0.5, 0.6) is 0 Å². The average Bonchev–Trinajstić information content (AvgIpc) is 3.28. The standard InChI is InChI=1S/C30H25FN2O/c1-30(2,29(34)22-11-7-4-8-12-22)28(21-9-5-3-6-10-21)23-13-18-27-24(19-23)20-32-33(27)26-16-14-25(31)15-17-26/h3-20,28H,1-2H3. The lowest BCUT2D eigenvalue weighted by Crippen LogP contribution is -2.32. The van der Waals surface area contributed by atoms with Gasteiger partial charge in [0.25, 0.3) is 0 Å². The number of nitrogens with zero attached hydrogens (tertiary/aromatic N) is 2. The van der Waals surface area contributed by atoms with E-state index in [2.05, 4.69) is 29.4 Å². The molecule has 0 fully saturated rings. The van der Waals surface area contributed by atoms with Crippen LogP contribution in [0.4, 0.5) is 4.39 Å². The predicted molar refractivity (Wildman–Crippen MR) is 134 cm³/mol. The summed E-state index contributed by atoms with van der Waals surface area (Å²) in [5, 5.41) is 5.50. The lowest BCUT2D eigenvalue weighted by Gasteiger charge is -2.34. The molecule has 4 heteroatoms. The monoisotopic (exact) mass is 448 g/mol. The number of aromatic nitrogens is 2. The topological polar surface area (TPSA) is 34.9 Å². The van der Waals surface area contributed by atoms with Crippen molar-refractivity contribution in [2.45, 2.75) is 19.8 Å². The van der Waals surface area contributed by atoms with Crippen LogP contribution in [-0.2, 0) is 0 Å². The van der Waals surface area contributed by atoms with Crippen molar-refractivity contribution in [3.63, 3.8) is 0 Å². The maximum atomic E-state index is 13.7. The van der Waals surface area contributed by atoms with E-state index < -0.39 is 5.41 Å². The second-order valence-electron chi connectivity index (χ2n) is 9.11. The van der Waals surface area contributed by atoms with Gasteiger partial charge in [0.2, 0.25) is 0 Å². The largest absolute Gasteiger partial charge is 0.294 e. The van der Waals surface area contributed by atoms with E-state index in [1.165, 1.54) is 12.1 Å². The van der Waals surface area contributed by atoms with Crippen LogP contribution in [0.1, 0.15) is 41.3 Å². The number of hydrogen-bond acceptors (Lipinski definition) is 2. The zero-order chi connectivity index (χ0) is 23.7. The molecule has 34 heavy (non-hydrogen) atoms. The van der Waals surface area contributed by atoms with Gasteiger partial charge in [-0.15, -0.1) is 0 Å². The predicted octanol–water partition coefficient (Wildman–Crippen LogP) is 7.21. The van der Waals surface area contributed by atoms with E-state index in [9.17, 15) is 9.18 Å². The molecule has 0 spiro atoms. The van der Waals surface area contributed by atoms with Gasteiger partial charge in [0.1, 0.15) is 5.82 Å². The van der Waals surface area contributed by atoms with Gasteiger partial charge < -0.3 is 0 Å². The Morgan fingerprint density at radius 2 is 1.47 bits per heavy atom. The summed E-state index contributed by atoms with van der Waals surface area (Å²) in [6.45, 7) is 4.04. The quantitative estimate of drug-likeness (QED) is 0.257. The number of benzene rings is 4. The highest BCUT2D eigenvalue weighted by molar-refractivity contribution is 6.01. The second kappa shape index (κ2) is 8.71. The molecule has 0 amide bonds. The van der Waals surface area contributed by atoms with E-state index >= 15 is 0 Å². The number of carbonyl (C=O) groups is 1. The Bertz CT molecular complexity index is 1440. The van der Waals surface area contributed by atoms with Gasteiger partial charge in [-0.25, -0.2) is 9.07 Å². The molecule has 4 aromatic carbocycles. The molecule has 0 saturated carbocycles. The highest BCUT2D eigenvalue weighted by Crippen LogP contribution is 2.43. The summed E-state index contributed by atoms with van der Waals surface area (Å²) in [5.41, 5.74) is 3.87. The maximum Gasteiger partial charge on any atom is 0.169 e. The number of ketones is 1. The van der Waals surface area contributed by atoms with E-state index in [0.717, 1.165) is 27.7 Å². The fraction of sp³-hybridized carbons (Fsp3) is 0.133. The summed E-state index contributed by atoms with van der Waals surface area (Å²) >= 11 is 0. The van der Waals surface area contributed by atoms with Crippen molar-refractivity contribution in [1.82, 2.24) is 9.78 Å². The van der Waals surface area contributed by atoms with Crippen molar-refractivity contribution < 1.29 is 9.18 Å². The van der Waals surface area contributed by atoms with E-state index in [0.29, 0.717) is 5.56 Å². The van der Waals surface area contributed by atoms with Gasteiger partial charge in [-0.3, -0.25) is 4.79 Å². The summed E-state index contributed by atoms with van der Waals surface area (Å²) in [6.07, 6.45) is 1.82. The van der Waals surface area contributed by atoms with Crippen LogP contribution in [0.25, 0.3) is 16.6 Å². The van der Waals surface area contributed by atoms with E-state index in [-0.39, 0.29) is 17.5 Å². The Hall–Kier alpha value is -4.05. The van der Waals surface area contributed by atoms with Crippen LogP contribution >= 0.6 is 0 Å². The third-order valence-corrected chi connectivity index (χ3v) is 6.47. The molecule has 168 valence electrons. The van der Waals surface area contributed by atoms with E-state index in [4.69, 9.17) is 0 Å².